The lowest BCUT2D eigenvalue weighted by atomic mass is 9.84. The molecule has 0 saturated heterocycles. The molecule has 1 aromatic rings. The van der Waals surface area contributed by atoms with Crippen molar-refractivity contribution >= 4 is 17.1 Å². The van der Waals surface area contributed by atoms with Crippen LogP contribution in [-0.4, -0.2) is 44.2 Å². The van der Waals surface area contributed by atoms with Gasteiger partial charge in [-0.15, -0.1) is 0 Å². The number of phenols is 2. The molecule has 0 spiro atoms. The van der Waals surface area contributed by atoms with Crippen LogP contribution in [0, 0.1) is 0 Å². The van der Waals surface area contributed by atoms with E-state index in [-0.39, 0.29) is 36.8 Å². The normalized spacial score (nSPS) is 16.9. The van der Waals surface area contributed by atoms with Crippen molar-refractivity contribution < 1.29 is 40.2 Å². The number of phenolic OH excluding ortho intramolecular Hbond substituents is 2. The molecule has 1 aliphatic rings. The van der Waals surface area contributed by atoms with E-state index in [1.165, 1.54) is 13.8 Å². The van der Waals surface area contributed by atoms with E-state index in [1.807, 2.05) is 0 Å². The zero-order chi connectivity index (χ0) is 21.2. The van der Waals surface area contributed by atoms with E-state index in [4.69, 9.17) is 0 Å². The molecule has 2 unspecified atom stereocenters. The van der Waals surface area contributed by atoms with Gasteiger partial charge in [0.15, 0.2) is 0 Å². The third-order valence-corrected chi connectivity index (χ3v) is 4.51. The van der Waals surface area contributed by atoms with E-state index in [0.717, 1.165) is 12.1 Å². The Labute approximate surface area is 161 Å². The van der Waals surface area contributed by atoms with Gasteiger partial charge in [0, 0.05) is 17.2 Å². The highest BCUT2D eigenvalue weighted by Gasteiger charge is 2.29. The van der Waals surface area contributed by atoms with Crippen molar-refractivity contribution in [2.75, 3.05) is 0 Å². The first-order valence-electron chi connectivity index (χ1n) is 8.86. The Morgan fingerprint density at radius 2 is 1.54 bits per heavy atom. The van der Waals surface area contributed by atoms with Gasteiger partial charge in [0.2, 0.25) is 11.6 Å². The van der Waals surface area contributed by atoms with Crippen LogP contribution < -0.4 is 10.2 Å². The Morgan fingerprint density at radius 1 is 0.964 bits per heavy atom. The average molecular weight is 390 g/mol. The summed E-state index contributed by atoms with van der Waals surface area (Å²) in [6.07, 6.45) is -0.414. The van der Waals surface area contributed by atoms with Gasteiger partial charge >= 0.3 is 0 Å². The Bertz CT molecular complexity index is 861. The number of benzene rings is 1. The third kappa shape index (κ3) is 4.35. The maximum absolute atomic E-state index is 12.8. The first kappa shape index (κ1) is 21.5. The number of rotatable bonds is 7. The summed E-state index contributed by atoms with van der Waals surface area (Å²) in [7, 11) is 0. The van der Waals surface area contributed by atoms with Crippen molar-refractivity contribution in [2.45, 2.75) is 51.7 Å². The molecule has 8 nitrogen and oxygen atoms in total. The average Bonchev–Trinajstić information content (AvgIpc) is 2.60. The number of carbonyl (C=O) groups is 2. The van der Waals surface area contributed by atoms with Crippen molar-refractivity contribution in [1.82, 2.24) is 0 Å². The predicted molar refractivity (Wildman–Crippen MR) is 95.2 cm³/mol. The molecule has 152 valence electrons. The number of aromatic hydroxyl groups is 2. The molecule has 28 heavy (non-hydrogen) atoms. The van der Waals surface area contributed by atoms with Crippen molar-refractivity contribution in [3.8, 4) is 17.2 Å². The second-order valence-corrected chi connectivity index (χ2v) is 6.94. The first-order valence-corrected chi connectivity index (χ1v) is 8.86. The Morgan fingerprint density at radius 3 is 2.11 bits per heavy atom. The molecule has 4 N–H and O–H groups in total. The topological polar surface area (TPSA) is 161 Å². The molecule has 0 saturated carbocycles. The minimum absolute atomic E-state index is 0.0149. The predicted octanol–water partition coefficient (Wildman–Crippen LogP) is -0.205. The largest absolute Gasteiger partial charge is 0.872 e. The zero-order valence-corrected chi connectivity index (χ0v) is 15.6. The zero-order valence-electron chi connectivity index (χ0n) is 15.6. The van der Waals surface area contributed by atoms with Gasteiger partial charge in [0.25, 0.3) is 0 Å². The van der Waals surface area contributed by atoms with Gasteiger partial charge in [-0.2, -0.15) is 0 Å². The number of allylic oxidation sites excluding steroid dienone is 3. The monoisotopic (exact) mass is 390 g/mol. The number of aliphatic hydroxyl groups is 2. The molecule has 0 amide bonds. The van der Waals surface area contributed by atoms with E-state index in [2.05, 4.69) is 0 Å². The van der Waals surface area contributed by atoms with Crippen LogP contribution in [0.25, 0.3) is 5.57 Å². The smallest absolute Gasteiger partial charge is 0.232 e. The quantitative estimate of drug-likeness (QED) is 0.367. The van der Waals surface area contributed by atoms with Crippen LogP contribution in [0.2, 0.25) is 0 Å². The fraction of sp³-hybridized carbons (Fsp3) is 0.400. The molecule has 0 radical (unpaired) electrons. The van der Waals surface area contributed by atoms with Gasteiger partial charge in [-0.25, -0.2) is 0 Å². The second kappa shape index (κ2) is 8.45. The van der Waals surface area contributed by atoms with Crippen LogP contribution in [0.4, 0.5) is 0 Å². The fourth-order valence-electron chi connectivity index (χ4n) is 3.00. The van der Waals surface area contributed by atoms with Gasteiger partial charge in [0.1, 0.15) is 11.5 Å². The molecule has 0 bridgehead atoms. The van der Waals surface area contributed by atoms with Crippen LogP contribution in [-0.2, 0) is 16.0 Å². The molecule has 2 atom stereocenters. The lowest BCUT2D eigenvalue weighted by Gasteiger charge is -2.30. The number of carbonyl (C=O) groups excluding carboxylic acids is 2. The van der Waals surface area contributed by atoms with Crippen molar-refractivity contribution in [2.24, 2.45) is 0 Å². The lowest BCUT2D eigenvalue weighted by molar-refractivity contribution is -0.297. The molecule has 0 aliphatic heterocycles. The van der Waals surface area contributed by atoms with Crippen LogP contribution in [0.15, 0.2) is 23.5 Å². The second-order valence-electron chi connectivity index (χ2n) is 6.94. The van der Waals surface area contributed by atoms with Gasteiger partial charge < -0.3 is 30.6 Å². The van der Waals surface area contributed by atoms with E-state index in [0.29, 0.717) is 0 Å². The van der Waals surface area contributed by atoms with E-state index < -0.39 is 57.9 Å². The molecule has 1 aromatic carbocycles. The summed E-state index contributed by atoms with van der Waals surface area (Å²) in [6.45, 7) is 2.99. The summed E-state index contributed by atoms with van der Waals surface area (Å²) in [6, 6.07) is 0.799. The molecular formula is C20H22O8-2. The van der Waals surface area contributed by atoms with Crippen molar-refractivity contribution in [3.05, 3.63) is 34.6 Å². The number of Topliss-reactive ketones (excluding diaryl/α,β-unsaturated/α-hetero) is 1. The molecule has 1 aliphatic carbocycles. The summed E-state index contributed by atoms with van der Waals surface area (Å²) >= 11 is 0. The molecule has 0 aromatic heterocycles. The SMILES string of the molecule is CC(O)CCC1=CC(=O)C(=O)C(c2c([O-])c(O)cc(O)c2CCC(C)O)=C1[O-]. The highest BCUT2D eigenvalue weighted by atomic mass is 16.3. The minimum Gasteiger partial charge on any atom is -0.872 e. The molecule has 8 heteroatoms. The lowest BCUT2D eigenvalue weighted by Crippen LogP contribution is -2.27. The maximum atomic E-state index is 12.8. The number of aliphatic hydroxyl groups excluding tert-OH is 2. The first-order chi connectivity index (χ1) is 13.0. The maximum Gasteiger partial charge on any atom is 0.232 e. The summed E-state index contributed by atoms with van der Waals surface area (Å²) in [4.78, 5) is 24.5. The van der Waals surface area contributed by atoms with Gasteiger partial charge in [0.05, 0.1) is 12.2 Å². The third-order valence-electron chi connectivity index (χ3n) is 4.51. The Balaban J connectivity index is 2.68. The molecule has 2 rings (SSSR count). The van der Waals surface area contributed by atoms with Crippen LogP contribution in [0.5, 0.6) is 17.2 Å². The summed E-state index contributed by atoms with van der Waals surface area (Å²) in [5, 5.41) is 64.3. The van der Waals surface area contributed by atoms with Gasteiger partial charge in [-0.1, -0.05) is 17.1 Å². The Kier molecular flexibility index (Phi) is 6.48. The van der Waals surface area contributed by atoms with E-state index in [1.54, 1.807) is 0 Å². The highest BCUT2D eigenvalue weighted by molar-refractivity contribution is 6.58. The van der Waals surface area contributed by atoms with Gasteiger partial charge in [-0.3, -0.25) is 9.59 Å². The Hall–Kier alpha value is -2.84. The van der Waals surface area contributed by atoms with Crippen molar-refractivity contribution in [3.63, 3.8) is 0 Å². The number of hydrogen-bond acceptors (Lipinski definition) is 8. The molecule has 0 fully saturated rings. The molecule has 0 heterocycles. The summed E-state index contributed by atoms with van der Waals surface area (Å²) in [5.74, 6) is -5.50. The highest BCUT2D eigenvalue weighted by Crippen LogP contribution is 2.43. The standard InChI is InChI=1S/C20H24O8/c1-9(21)3-5-11-7-14(24)20(28)17(18(11)26)16-12(6-4-10(2)22)13(23)8-15(25)19(16)27/h7-10,21-23,25-27H,3-6H2,1-2H3/p-2. The van der Waals surface area contributed by atoms with E-state index >= 15 is 0 Å². The van der Waals surface area contributed by atoms with Crippen LogP contribution in [0.1, 0.15) is 44.2 Å². The van der Waals surface area contributed by atoms with Gasteiger partial charge in [-0.05, 0) is 51.2 Å². The summed E-state index contributed by atoms with van der Waals surface area (Å²) < 4.78 is 0. The number of hydrogen-bond donors (Lipinski definition) is 4. The van der Waals surface area contributed by atoms with Crippen molar-refractivity contribution in [1.29, 1.82) is 0 Å². The summed E-state index contributed by atoms with van der Waals surface area (Å²) in [5.41, 5.74) is -1.36. The fourth-order valence-corrected chi connectivity index (χ4v) is 3.00. The van der Waals surface area contributed by atoms with Crippen LogP contribution >= 0.6 is 0 Å². The van der Waals surface area contributed by atoms with Crippen LogP contribution in [0.3, 0.4) is 0 Å². The number of ketones is 2. The van der Waals surface area contributed by atoms with E-state index in [9.17, 15) is 40.2 Å². The minimum atomic E-state index is -1.20. The molecular weight excluding hydrogens is 368 g/mol.